The van der Waals surface area contributed by atoms with Gasteiger partial charge in [-0.25, -0.2) is 65.5 Å². The van der Waals surface area contributed by atoms with Crippen LogP contribution in [0.15, 0.2) is 183 Å². The fourth-order valence-electron chi connectivity index (χ4n) is 10.6. The van der Waals surface area contributed by atoms with Crippen molar-refractivity contribution in [1.29, 1.82) is 0 Å². The normalized spacial score (nSPS) is 12.4. The van der Waals surface area contributed by atoms with E-state index >= 15 is 0 Å². The summed E-state index contributed by atoms with van der Waals surface area (Å²) in [6.45, 7) is 7.63. The summed E-state index contributed by atoms with van der Waals surface area (Å²) in [6.07, 6.45) is 25.2. The molecule has 2 fully saturated rings. The summed E-state index contributed by atoms with van der Waals surface area (Å²) in [4.78, 5) is 105. The van der Waals surface area contributed by atoms with Crippen LogP contribution in [0.3, 0.4) is 0 Å². The van der Waals surface area contributed by atoms with Crippen LogP contribution in [0.4, 0.5) is 17.6 Å². The number of carbonyl (C=O) groups excluding carboxylic acids is 5. The molecule has 2 saturated heterocycles. The maximum atomic E-state index is 14.6. The van der Waals surface area contributed by atoms with Gasteiger partial charge in [0.1, 0.15) is 17.0 Å². The van der Waals surface area contributed by atoms with Gasteiger partial charge < -0.3 is 57.5 Å². The minimum Gasteiger partial charge on any atom is -1.00 e. The number of nitrogens with one attached hydrogen (secondary N) is 5. The van der Waals surface area contributed by atoms with Crippen molar-refractivity contribution in [2.75, 3.05) is 52.4 Å². The smallest absolute Gasteiger partial charge is 0.377 e. The van der Waals surface area contributed by atoms with Gasteiger partial charge in [-0.05, 0) is 59.3 Å². The molecular formula is C66H60BrCl2F4N23O7. The predicted octanol–water partition coefficient (Wildman–Crippen LogP) is 4.24. The number of aliphatic carboxylic acids is 1. The molecule has 3 amide bonds. The van der Waals surface area contributed by atoms with Crippen molar-refractivity contribution in [2.45, 2.75) is 13.5 Å². The molecule has 14 aromatic rings. The number of aryl methyl sites for hydroxylation is 2. The summed E-state index contributed by atoms with van der Waals surface area (Å²) in [5, 5.41) is 35.2. The number of aromatic amines is 4. The number of fused-ring (bicyclic) bond motifs is 4. The van der Waals surface area contributed by atoms with Crippen LogP contribution in [0.2, 0.25) is 0 Å². The van der Waals surface area contributed by atoms with Gasteiger partial charge in [0.25, 0.3) is 29.3 Å². The first-order valence-corrected chi connectivity index (χ1v) is 31.6. The van der Waals surface area contributed by atoms with Crippen molar-refractivity contribution in [1.82, 2.24) is 109 Å². The van der Waals surface area contributed by atoms with Crippen LogP contribution in [-0.4, -0.2) is 197 Å². The quantitative estimate of drug-likeness (QED) is 0.0367. The SMILES string of the molecule is CCn1cc[n+](C)c1.Cl.Fc1cnc(-n2ccnn2)c2[nH]ccc12.Fc1cnc(Br)c2[nH]ccc12.O=C(C(=O)N1CCN(C(=O)c2ccccc2)CC1)c1c[nH]c2c(-n3ccnn3)ncc(F)c12.O=C(O)C(=O)c1c[nH]c2c(-n3ccnn3)ncc(F)c12.O=C(c1ccccc1)N1CCNCC1.[Cl-]. The number of carboxylic acids is 1. The second kappa shape index (κ2) is 34.7. The van der Waals surface area contributed by atoms with E-state index in [2.05, 4.69) is 116 Å². The Hall–Kier alpha value is -12.2. The third-order valence-electron chi connectivity index (χ3n) is 15.6. The van der Waals surface area contributed by atoms with Crippen molar-refractivity contribution < 1.29 is 68.4 Å². The molecule has 530 valence electrons. The molecule has 0 aliphatic carbocycles. The lowest BCUT2D eigenvalue weighted by Gasteiger charge is -2.34. The van der Waals surface area contributed by atoms with Gasteiger partial charge in [0.05, 0.1) is 120 Å². The van der Waals surface area contributed by atoms with Gasteiger partial charge in [0, 0.05) is 99.0 Å². The topological polar surface area (TPSA) is 360 Å². The number of piperazine rings is 2. The number of hydrogen-bond donors (Lipinski definition) is 6. The van der Waals surface area contributed by atoms with Crippen LogP contribution >= 0.6 is 28.3 Å². The molecule has 2 aromatic carbocycles. The minimum absolute atomic E-state index is 0. The Balaban J connectivity index is 0.000000152. The highest BCUT2D eigenvalue weighted by Gasteiger charge is 2.32. The van der Waals surface area contributed by atoms with E-state index in [4.69, 9.17) is 5.11 Å². The minimum atomic E-state index is -1.66. The number of H-pyrrole nitrogens is 4. The van der Waals surface area contributed by atoms with Crippen LogP contribution in [0, 0.1) is 23.3 Å². The van der Waals surface area contributed by atoms with Crippen molar-refractivity contribution in [3.05, 3.63) is 228 Å². The average molecular weight is 1510 g/mol. The van der Waals surface area contributed by atoms with Crippen LogP contribution in [0.1, 0.15) is 48.4 Å². The van der Waals surface area contributed by atoms with Crippen LogP contribution in [0.5, 0.6) is 0 Å². The number of rotatable bonds is 10. The number of Topliss-reactive ketones (excluding diaryl/α,β-unsaturated/α-hetero) is 2. The zero-order valence-corrected chi connectivity index (χ0v) is 57.4. The molecule has 0 spiro atoms. The third kappa shape index (κ3) is 17.3. The summed E-state index contributed by atoms with van der Waals surface area (Å²) >= 11 is 3.20. The summed E-state index contributed by atoms with van der Waals surface area (Å²) in [5.74, 6) is -5.61. The average Bonchev–Trinajstić information content (AvgIpc) is 1.65. The molecule has 12 aromatic heterocycles. The van der Waals surface area contributed by atoms with E-state index in [1.807, 2.05) is 59.1 Å². The second-order valence-corrected chi connectivity index (χ2v) is 22.6. The third-order valence-corrected chi connectivity index (χ3v) is 16.2. The Labute approximate surface area is 600 Å². The predicted molar refractivity (Wildman–Crippen MR) is 366 cm³/mol. The van der Waals surface area contributed by atoms with E-state index in [1.165, 1.54) is 62.3 Å². The molecule has 0 bridgehead atoms. The van der Waals surface area contributed by atoms with Gasteiger partial charge in [0.2, 0.25) is 6.33 Å². The monoisotopic (exact) mass is 1510 g/mol. The van der Waals surface area contributed by atoms with E-state index < -0.39 is 35.1 Å². The number of aromatic nitrogens is 19. The molecule has 0 saturated carbocycles. The van der Waals surface area contributed by atoms with Gasteiger partial charge in [-0.2, -0.15) is 0 Å². The molecule has 0 unspecified atom stereocenters. The molecule has 103 heavy (non-hydrogen) atoms. The number of pyridine rings is 4. The fourth-order valence-corrected chi connectivity index (χ4v) is 11.0. The van der Waals surface area contributed by atoms with Crippen molar-refractivity contribution in [3.8, 4) is 17.5 Å². The maximum Gasteiger partial charge on any atom is 0.377 e. The van der Waals surface area contributed by atoms with Gasteiger partial charge in [-0.15, -0.1) is 27.7 Å². The van der Waals surface area contributed by atoms with Crippen molar-refractivity contribution in [3.63, 3.8) is 0 Å². The Morgan fingerprint density at radius 1 is 0.534 bits per heavy atom. The first-order valence-electron chi connectivity index (χ1n) is 30.8. The van der Waals surface area contributed by atoms with Crippen molar-refractivity contribution >= 4 is 107 Å². The summed E-state index contributed by atoms with van der Waals surface area (Å²) in [7, 11) is 2.02. The Morgan fingerprint density at radius 2 is 0.961 bits per heavy atom. The fraction of sp³-hybridized carbons (Fsp3) is 0.167. The van der Waals surface area contributed by atoms with Crippen LogP contribution < -0.4 is 22.3 Å². The van der Waals surface area contributed by atoms with Crippen LogP contribution in [0.25, 0.3) is 61.1 Å². The number of nitrogens with zero attached hydrogens (tertiary/aromatic N) is 18. The highest BCUT2D eigenvalue weighted by atomic mass is 79.9. The van der Waals surface area contributed by atoms with Crippen LogP contribution in [-0.2, 0) is 23.2 Å². The lowest BCUT2D eigenvalue weighted by Crippen LogP contribution is -3.00. The van der Waals surface area contributed by atoms with Gasteiger partial charge in [-0.1, -0.05) is 52.0 Å². The van der Waals surface area contributed by atoms with E-state index in [1.54, 1.807) is 66.1 Å². The number of ketones is 2. The summed E-state index contributed by atoms with van der Waals surface area (Å²) in [5.41, 5.74) is 2.71. The Bertz CT molecular complexity index is 5170. The van der Waals surface area contributed by atoms with Crippen molar-refractivity contribution in [2.24, 2.45) is 7.05 Å². The number of carboxylic acid groups (broad SMARTS) is 1. The van der Waals surface area contributed by atoms with E-state index in [-0.39, 0.29) is 106 Å². The number of halogens is 7. The van der Waals surface area contributed by atoms with Gasteiger partial charge in [0.15, 0.2) is 40.7 Å². The second-order valence-electron chi connectivity index (χ2n) is 21.9. The molecule has 14 heterocycles. The van der Waals surface area contributed by atoms with E-state index in [0.29, 0.717) is 50.9 Å². The number of amides is 3. The summed E-state index contributed by atoms with van der Waals surface area (Å²) in [6, 6.07) is 21.7. The maximum absolute atomic E-state index is 14.6. The van der Waals surface area contributed by atoms with Gasteiger partial charge >= 0.3 is 5.97 Å². The molecule has 30 nitrogen and oxygen atoms in total. The highest BCUT2D eigenvalue weighted by Crippen LogP contribution is 2.29. The number of hydrogen-bond acceptors (Lipinski definition) is 17. The molecule has 0 atom stereocenters. The molecule has 2 aliphatic rings. The first kappa shape index (κ1) is 75.0. The number of benzene rings is 2. The van der Waals surface area contributed by atoms with E-state index in [0.717, 1.165) is 56.9 Å². The zero-order valence-electron chi connectivity index (χ0n) is 54.2. The number of imidazole rings is 1. The lowest BCUT2D eigenvalue weighted by molar-refractivity contribution is -0.671. The molecule has 6 N–H and O–H groups in total. The molecule has 0 radical (unpaired) electrons. The lowest BCUT2D eigenvalue weighted by atomic mass is 10.1. The standard InChI is InChI=1S/C22H18FN7O3.C11H6FN5O3.C11H14N2O.C9H6FN5.C7H4BrFN2.C6H11N2.2ClH/c23-16-13-25-20(30-7-6-26-27-30)18-17(16)15(12-24-18)19(31)22(33)29-10-8-28(9-11-29)21(32)14-4-2-1-3-5-14;12-6-4-14-10(17-2-1-15-16-17)8-7(6)5(3-13-8)9(18)11(19)20;14-11(10-4-2-1-3-5-10)13-8-6-12-7-9-13;10-7-5-12-9(15-4-3-13-14-15)8-6(7)1-2-11-8;8-7-6-4(1-2-10-6)5(9)3-11-7;1-3-8-5-4-7(2)6-8;;/h1-7,12-13,24H,8-11H2;1-4,13H,(H,19,20);1-5,12H,6-9H2;1-5,11H;1-3,10H;4-6H,3H2,1-2H3;2*1H/q;;;;;+1;;/p-1. The number of carbonyl (C=O) groups is 6. The van der Waals surface area contributed by atoms with Gasteiger partial charge in [-0.3, -0.25) is 24.0 Å². The first-order chi connectivity index (χ1) is 49.0. The largest absolute Gasteiger partial charge is 1.00 e. The Kier molecular flexibility index (Phi) is 25.3. The molecule has 2 aliphatic heterocycles. The molecular weight excluding hydrogens is 1450 g/mol. The molecule has 37 heteroatoms. The van der Waals surface area contributed by atoms with E-state index in [9.17, 15) is 46.3 Å². The highest BCUT2D eigenvalue weighted by molar-refractivity contribution is 9.10. The summed E-state index contributed by atoms with van der Waals surface area (Å²) < 4.78 is 63.6. The Morgan fingerprint density at radius 3 is 1.39 bits per heavy atom. The zero-order chi connectivity index (χ0) is 71.1. The molecule has 16 rings (SSSR count).